The number of methoxy groups -OCH3 is 1. The van der Waals surface area contributed by atoms with Crippen LogP contribution < -0.4 is 0 Å². The summed E-state index contributed by atoms with van der Waals surface area (Å²) in [7, 11) is -2.29. The van der Waals surface area contributed by atoms with E-state index in [-0.39, 0.29) is 12.2 Å². The number of hydrogen-bond donors (Lipinski definition) is 0. The van der Waals surface area contributed by atoms with Gasteiger partial charge in [-0.15, -0.1) is 11.3 Å². The Kier molecular flexibility index (Phi) is 4.75. The van der Waals surface area contributed by atoms with Crippen LogP contribution in [0.1, 0.15) is 28.9 Å². The van der Waals surface area contributed by atoms with Crippen LogP contribution in [0.5, 0.6) is 0 Å². The third-order valence-electron chi connectivity index (χ3n) is 3.43. The second kappa shape index (κ2) is 6.06. The molecular formula is C13H15ClO5S2. The van der Waals surface area contributed by atoms with Crippen LogP contribution in [-0.4, -0.2) is 38.8 Å². The summed E-state index contributed by atoms with van der Waals surface area (Å²) in [5, 5.41) is 0. The Labute approximate surface area is 132 Å². The maximum Gasteiger partial charge on any atom is 0.306 e. The molecule has 0 amide bonds. The van der Waals surface area contributed by atoms with Gasteiger partial charge < -0.3 is 4.74 Å². The third-order valence-corrected chi connectivity index (χ3v) is 6.46. The second-order valence-electron chi connectivity index (χ2n) is 5.31. The van der Waals surface area contributed by atoms with Gasteiger partial charge in [0.15, 0.2) is 15.6 Å². The largest absolute Gasteiger partial charge is 0.469 e. The molecule has 21 heavy (non-hydrogen) atoms. The topological polar surface area (TPSA) is 77.5 Å². The van der Waals surface area contributed by atoms with E-state index in [9.17, 15) is 18.0 Å². The number of halogens is 1. The quantitative estimate of drug-likeness (QED) is 0.557. The number of Topliss-reactive ketones (excluding diaryl/α,β-unsaturated/α-hetero) is 1. The van der Waals surface area contributed by atoms with Crippen LogP contribution in [0.25, 0.3) is 0 Å². The molecular weight excluding hydrogens is 336 g/mol. The number of sulfone groups is 1. The second-order valence-corrected chi connectivity index (χ2v) is 9.09. The SMILES string of the molecule is COC(=O)CC1(CS(=O)(=O)CC(=O)c2ccc(Cl)s2)CC1. The fourth-order valence-electron chi connectivity index (χ4n) is 2.18. The van der Waals surface area contributed by atoms with Crippen LogP contribution in [0.15, 0.2) is 12.1 Å². The van der Waals surface area contributed by atoms with E-state index in [1.807, 2.05) is 0 Å². The highest BCUT2D eigenvalue weighted by molar-refractivity contribution is 7.92. The number of rotatable bonds is 7. The van der Waals surface area contributed by atoms with Gasteiger partial charge in [-0.3, -0.25) is 9.59 Å². The Bertz CT molecular complexity index is 658. The van der Waals surface area contributed by atoms with Gasteiger partial charge in [-0.05, 0) is 30.4 Å². The Morgan fingerprint density at radius 1 is 1.38 bits per heavy atom. The first-order valence-corrected chi connectivity index (χ1v) is 9.33. The molecule has 2 rings (SSSR count). The van der Waals surface area contributed by atoms with Crippen molar-refractivity contribution in [3.63, 3.8) is 0 Å². The fraction of sp³-hybridized carbons (Fsp3) is 0.538. The first-order valence-electron chi connectivity index (χ1n) is 6.31. The van der Waals surface area contributed by atoms with E-state index >= 15 is 0 Å². The molecule has 1 aromatic heterocycles. The molecule has 116 valence electrons. The number of carbonyl (C=O) groups excluding carboxylic acids is 2. The molecule has 0 bridgehead atoms. The monoisotopic (exact) mass is 350 g/mol. The van der Waals surface area contributed by atoms with E-state index in [4.69, 9.17) is 11.6 Å². The summed E-state index contributed by atoms with van der Waals surface area (Å²) in [4.78, 5) is 23.6. The van der Waals surface area contributed by atoms with Gasteiger partial charge in [0, 0.05) is 0 Å². The highest BCUT2D eigenvalue weighted by atomic mass is 35.5. The van der Waals surface area contributed by atoms with E-state index in [1.165, 1.54) is 13.2 Å². The van der Waals surface area contributed by atoms with Crippen molar-refractivity contribution in [2.75, 3.05) is 18.6 Å². The molecule has 1 heterocycles. The zero-order chi connectivity index (χ0) is 15.7. The highest BCUT2D eigenvalue weighted by Crippen LogP contribution is 2.50. The molecule has 0 N–H and O–H groups in total. The van der Waals surface area contributed by atoms with Crippen LogP contribution in [-0.2, 0) is 19.4 Å². The van der Waals surface area contributed by atoms with Crippen LogP contribution in [0.4, 0.5) is 0 Å². The van der Waals surface area contributed by atoms with E-state index < -0.39 is 32.8 Å². The molecule has 0 radical (unpaired) electrons. The van der Waals surface area contributed by atoms with Crippen molar-refractivity contribution < 1.29 is 22.7 Å². The van der Waals surface area contributed by atoms with E-state index in [1.54, 1.807) is 6.07 Å². The average molecular weight is 351 g/mol. The Morgan fingerprint density at radius 2 is 2.05 bits per heavy atom. The van der Waals surface area contributed by atoms with E-state index in [0.717, 1.165) is 11.3 Å². The summed E-state index contributed by atoms with van der Waals surface area (Å²) in [6.45, 7) is 0. The summed E-state index contributed by atoms with van der Waals surface area (Å²) in [5.41, 5.74) is -0.542. The number of ether oxygens (including phenoxy) is 1. The number of thiophene rings is 1. The van der Waals surface area contributed by atoms with Crippen LogP contribution in [0, 0.1) is 5.41 Å². The molecule has 0 saturated heterocycles. The van der Waals surface area contributed by atoms with Crippen LogP contribution in [0.2, 0.25) is 4.34 Å². The van der Waals surface area contributed by atoms with Crippen molar-refractivity contribution in [1.29, 1.82) is 0 Å². The number of hydrogen-bond acceptors (Lipinski definition) is 6. The molecule has 0 unspecified atom stereocenters. The standard InChI is InChI=1S/C13H15ClO5S2/c1-19-12(16)6-13(4-5-13)8-21(17,18)7-9(15)10-2-3-11(14)20-10/h2-3H,4-8H2,1H3. The van der Waals surface area contributed by atoms with Gasteiger partial charge >= 0.3 is 5.97 Å². The third kappa shape index (κ3) is 4.52. The van der Waals surface area contributed by atoms with Gasteiger partial charge in [-0.1, -0.05) is 11.6 Å². The van der Waals surface area contributed by atoms with Crippen molar-refractivity contribution in [1.82, 2.24) is 0 Å². The van der Waals surface area contributed by atoms with Crippen LogP contribution >= 0.6 is 22.9 Å². The van der Waals surface area contributed by atoms with E-state index in [2.05, 4.69) is 4.74 Å². The summed E-state index contributed by atoms with van der Waals surface area (Å²) in [6, 6.07) is 3.08. The Morgan fingerprint density at radius 3 is 2.52 bits per heavy atom. The zero-order valence-corrected chi connectivity index (χ0v) is 13.8. The molecule has 0 aliphatic heterocycles. The molecule has 0 aromatic carbocycles. The summed E-state index contributed by atoms with van der Waals surface area (Å²) in [5.74, 6) is -1.58. The summed E-state index contributed by atoms with van der Waals surface area (Å²) in [6.07, 6.45) is 1.42. The van der Waals surface area contributed by atoms with Gasteiger partial charge in [0.1, 0.15) is 5.75 Å². The van der Waals surface area contributed by atoms with Crippen molar-refractivity contribution in [2.45, 2.75) is 19.3 Å². The first-order chi connectivity index (χ1) is 9.75. The van der Waals surface area contributed by atoms with Crippen molar-refractivity contribution in [3.05, 3.63) is 21.3 Å². The fourth-order valence-corrected chi connectivity index (χ4v) is 5.23. The number of esters is 1. The molecule has 8 heteroatoms. The van der Waals surface area contributed by atoms with Crippen molar-refractivity contribution in [3.8, 4) is 0 Å². The smallest absolute Gasteiger partial charge is 0.306 e. The average Bonchev–Trinajstić information content (AvgIpc) is 2.95. The Balaban J connectivity index is 1.99. The lowest BCUT2D eigenvalue weighted by molar-refractivity contribution is -0.141. The summed E-state index contributed by atoms with van der Waals surface area (Å²) < 4.78 is 29.3. The molecule has 0 spiro atoms. The zero-order valence-electron chi connectivity index (χ0n) is 11.4. The minimum absolute atomic E-state index is 0.0851. The molecule has 1 aromatic rings. The van der Waals surface area contributed by atoms with Gasteiger partial charge in [-0.2, -0.15) is 0 Å². The minimum Gasteiger partial charge on any atom is -0.469 e. The lowest BCUT2D eigenvalue weighted by Crippen LogP contribution is -2.26. The number of ketones is 1. The molecule has 1 saturated carbocycles. The lowest BCUT2D eigenvalue weighted by Gasteiger charge is -2.13. The van der Waals surface area contributed by atoms with Crippen molar-refractivity contribution >= 4 is 44.5 Å². The summed E-state index contributed by atoms with van der Waals surface area (Å²) >= 11 is 6.79. The Hall–Kier alpha value is -0.920. The number of carbonyl (C=O) groups is 2. The first kappa shape index (κ1) is 16.5. The molecule has 1 aliphatic carbocycles. The van der Waals surface area contributed by atoms with Gasteiger partial charge in [-0.25, -0.2) is 8.42 Å². The molecule has 1 aliphatic rings. The van der Waals surface area contributed by atoms with Gasteiger partial charge in [0.2, 0.25) is 0 Å². The predicted octanol–water partition coefficient (Wildman–Crippen LogP) is 2.34. The van der Waals surface area contributed by atoms with Crippen LogP contribution in [0.3, 0.4) is 0 Å². The van der Waals surface area contributed by atoms with E-state index in [0.29, 0.717) is 22.1 Å². The van der Waals surface area contributed by atoms with Crippen molar-refractivity contribution in [2.24, 2.45) is 5.41 Å². The normalized spacial score (nSPS) is 16.5. The lowest BCUT2D eigenvalue weighted by atomic mass is 10.1. The molecule has 5 nitrogen and oxygen atoms in total. The maximum absolute atomic E-state index is 12.1. The molecule has 0 atom stereocenters. The highest BCUT2D eigenvalue weighted by Gasteiger charge is 2.48. The van der Waals surface area contributed by atoms with Gasteiger partial charge in [0.05, 0.1) is 28.5 Å². The maximum atomic E-state index is 12.1. The minimum atomic E-state index is -3.56. The predicted molar refractivity (Wildman–Crippen MR) is 80.6 cm³/mol. The van der Waals surface area contributed by atoms with Gasteiger partial charge in [0.25, 0.3) is 0 Å². The molecule has 1 fully saturated rings.